The molecule has 11 nitrogen and oxygen atoms in total. The van der Waals surface area contributed by atoms with E-state index in [4.69, 9.17) is 11.5 Å². The summed E-state index contributed by atoms with van der Waals surface area (Å²) in [5, 5.41) is 11.4. The lowest BCUT2D eigenvalue weighted by Gasteiger charge is -2.22. The van der Waals surface area contributed by atoms with Gasteiger partial charge in [0, 0.05) is 32.4 Å². The number of hydrogen-bond donors (Lipinski definition) is 6. The second-order valence-electron chi connectivity index (χ2n) is 10.1. The van der Waals surface area contributed by atoms with Crippen molar-refractivity contribution in [2.45, 2.75) is 122 Å². The van der Waals surface area contributed by atoms with Crippen LogP contribution in [0.4, 0.5) is 0 Å². The van der Waals surface area contributed by atoms with Crippen LogP contribution in [-0.2, 0) is 24.0 Å². The van der Waals surface area contributed by atoms with Crippen molar-refractivity contribution in [2.75, 3.05) is 26.2 Å². The summed E-state index contributed by atoms with van der Waals surface area (Å²) in [6, 6.07) is -1.42. The van der Waals surface area contributed by atoms with Crippen molar-refractivity contribution in [1.29, 1.82) is 0 Å². The maximum atomic E-state index is 13.1. The summed E-state index contributed by atoms with van der Waals surface area (Å²) in [5.41, 5.74) is 11.0. The van der Waals surface area contributed by atoms with Crippen LogP contribution in [0.2, 0.25) is 0 Å². The summed E-state index contributed by atoms with van der Waals surface area (Å²) in [5.74, 6) is -0.753. The van der Waals surface area contributed by atoms with Crippen LogP contribution in [0.5, 0.6) is 0 Å². The molecule has 0 aromatic carbocycles. The Hall–Kier alpha value is -2.53. The zero-order valence-electron chi connectivity index (χ0n) is 24.3. The number of ketones is 1. The maximum Gasteiger partial charge on any atom is 0.243 e. The molecule has 0 aliphatic heterocycles. The van der Waals surface area contributed by atoms with Gasteiger partial charge in [0.15, 0.2) is 5.78 Å². The fourth-order valence-electron chi connectivity index (χ4n) is 3.96. The van der Waals surface area contributed by atoms with Crippen LogP contribution in [0.1, 0.15) is 110 Å². The van der Waals surface area contributed by atoms with Crippen LogP contribution in [0.15, 0.2) is 0 Å². The molecule has 0 rings (SSSR count). The van der Waals surface area contributed by atoms with Crippen LogP contribution in [0.3, 0.4) is 0 Å². The van der Waals surface area contributed by atoms with Gasteiger partial charge in [0.1, 0.15) is 6.04 Å². The van der Waals surface area contributed by atoms with E-state index in [0.29, 0.717) is 84.0 Å². The van der Waals surface area contributed by atoms with Crippen molar-refractivity contribution >= 4 is 29.4 Å². The van der Waals surface area contributed by atoms with E-state index < -0.39 is 12.1 Å². The number of nitrogens with two attached hydrogens (primary N) is 2. The SMILES string of the molecule is CCCCC(=O)NCCCCC(NC(=O)C(CCCCNC(=O)CCCCN)NC(=O)CCCCN)C(C)=O. The van der Waals surface area contributed by atoms with Gasteiger partial charge in [-0.3, -0.25) is 24.0 Å². The van der Waals surface area contributed by atoms with Gasteiger partial charge in [-0.05, 0) is 90.6 Å². The van der Waals surface area contributed by atoms with Gasteiger partial charge in [0.25, 0.3) is 0 Å². The van der Waals surface area contributed by atoms with E-state index in [1.54, 1.807) is 0 Å². The van der Waals surface area contributed by atoms with Crippen LogP contribution in [-0.4, -0.2) is 67.7 Å². The number of nitrogens with one attached hydrogen (secondary N) is 4. The molecule has 0 spiro atoms. The Morgan fingerprint density at radius 3 is 1.56 bits per heavy atom. The molecule has 0 radical (unpaired) electrons. The van der Waals surface area contributed by atoms with Crippen molar-refractivity contribution in [3.8, 4) is 0 Å². The molecule has 0 saturated carbocycles. The third-order valence-electron chi connectivity index (χ3n) is 6.42. The van der Waals surface area contributed by atoms with Crippen LogP contribution >= 0.6 is 0 Å². The topological polar surface area (TPSA) is 186 Å². The van der Waals surface area contributed by atoms with E-state index in [1.807, 2.05) is 6.92 Å². The normalized spacial score (nSPS) is 12.3. The van der Waals surface area contributed by atoms with E-state index in [0.717, 1.165) is 32.1 Å². The summed E-state index contributed by atoms with van der Waals surface area (Å²) in [6.45, 7) is 5.56. The first-order valence-electron chi connectivity index (χ1n) is 14.8. The lowest BCUT2D eigenvalue weighted by molar-refractivity contribution is -0.131. The Balaban J connectivity index is 4.75. The molecule has 0 aliphatic carbocycles. The molecule has 2 unspecified atom stereocenters. The maximum absolute atomic E-state index is 13.1. The number of unbranched alkanes of at least 4 members (excludes halogenated alkanes) is 5. The molecular formula is C28H54N6O5. The molecule has 4 amide bonds. The van der Waals surface area contributed by atoms with Crippen molar-refractivity contribution in [2.24, 2.45) is 11.5 Å². The van der Waals surface area contributed by atoms with Crippen molar-refractivity contribution in [3.05, 3.63) is 0 Å². The monoisotopic (exact) mass is 554 g/mol. The van der Waals surface area contributed by atoms with Gasteiger partial charge in [-0.1, -0.05) is 13.3 Å². The number of Topliss-reactive ketones (excluding diaryl/α,β-unsaturated/α-hetero) is 1. The molecule has 8 N–H and O–H groups in total. The van der Waals surface area contributed by atoms with Crippen molar-refractivity contribution in [1.82, 2.24) is 21.3 Å². The first-order chi connectivity index (χ1) is 18.7. The van der Waals surface area contributed by atoms with E-state index in [9.17, 15) is 24.0 Å². The molecule has 0 heterocycles. The summed E-state index contributed by atoms with van der Waals surface area (Å²) in [7, 11) is 0. The van der Waals surface area contributed by atoms with Crippen LogP contribution < -0.4 is 32.7 Å². The average molecular weight is 555 g/mol. The second kappa shape index (κ2) is 24.5. The number of rotatable bonds is 25. The van der Waals surface area contributed by atoms with E-state index in [2.05, 4.69) is 21.3 Å². The second-order valence-corrected chi connectivity index (χ2v) is 10.1. The summed E-state index contributed by atoms with van der Waals surface area (Å²) in [4.78, 5) is 61.3. The molecule has 0 bridgehead atoms. The fraction of sp³-hybridized carbons (Fsp3) is 0.821. The molecule has 39 heavy (non-hydrogen) atoms. The smallest absolute Gasteiger partial charge is 0.243 e. The Kier molecular flexibility index (Phi) is 22.9. The lowest BCUT2D eigenvalue weighted by Crippen LogP contribution is -2.51. The molecule has 0 aromatic heterocycles. The predicted molar refractivity (Wildman–Crippen MR) is 154 cm³/mol. The molecule has 11 heteroatoms. The third kappa shape index (κ3) is 21.0. The van der Waals surface area contributed by atoms with Crippen LogP contribution in [0.25, 0.3) is 0 Å². The fourth-order valence-corrected chi connectivity index (χ4v) is 3.96. The van der Waals surface area contributed by atoms with Gasteiger partial charge in [-0.15, -0.1) is 0 Å². The first kappa shape index (κ1) is 36.5. The largest absolute Gasteiger partial charge is 0.356 e. The molecule has 0 aliphatic rings. The van der Waals surface area contributed by atoms with Gasteiger partial charge < -0.3 is 32.7 Å². The quantitative estimate of drug-likeness (QED) is 0.0924. The molecule has 0 saturated heterocycles. The van der Waals surface area contributed by atoms with E-state index in [1.165, 1.54) is 6.92 Å². The predicted octanol–water partition coefficient (Wildman–Crippen LogP) is 1.57. The minimum absolute atomic E-state index is 0.0178. The van der Waals surface area contributed by atoms with Gasteiger partial charge in [0.05, 0.1) is 6.04 Å². The number of hydrogen-bond acceptors (Lipinski definition) is 7. The highest BCUT2D eigenvalue weighted by Gasteiger charge is 2.24. The summed E-state index contributed by atoms with van der Waals surface area (Å²) < 4.78 is 0. The molecule has 2 atom stereocenters. The Labute approximate surface area is 234 Å². The third-order valence-corrected chi connectivity index (χ3v) is 6.42. The van der Waals surface area contributed by atoms with E-state index >= 15 is 0 Å². The van der Waals surface area contributed by atoms with Gasteiger partial charge >= 0.3 is 0 Å². The minimum Gasteiger partial charge on any atom is -0.356 e. The Morgan fingerprint density at radius 1 is 0.590 bits per heavy atom. The molecular weight excluding hydrogens is 500 g/mol. The first-order valence-corrected chi connectivity index (χ1v) is 14.8. The van der Waals surface area contributed by atoms with Crippen molar-refractivity contribution < 1.29 is 24.0 Å². The van der Waals surface area contributed by atoms with Gasteiger partial charge in [-0.25, -0.2) is 0 Å². The number of carbonyl (C=O) groups excluding carboxylic acids is 5. The molecule has 0 aromatic rings. The summed E-state index contributed by atoms with van der Waals surface area (Å²) >= 11 is 0. The molecule has 0 fully saturated rings. The number of carbonyl (C=O) groups is 5. The van der Waals surface area contributed by atoms with Gasteiger partial charge in [-0.2, -0.15) is 0 Å². The molecule has 226 valence electrons. The highest BCUT2D eigenvalue weighted by atomic mass is 16.2. The van der Waals surface area contributed by atoms with Gasteiger partial charge in [0.2, 0.25) is 23.6 Å². The van der Waals surface area contributed by atoms with E-state index in [-0.39, 0.29) is 35.8 Å². The zero-order valence-corrected chi connectivity index (χ0v) is 24.3. The summed E-state index contributed by atoms with van der Waals surface area (Å²) in [6.07, 6.45) is 9.50. The Morgan fingerprint density at radius 2 is 1.08 bits per heavy atom. The standard InChI is InChI=1S/C28H54N6O5/c1-3-4-15-25(36)31-20-11-7-13-23(22(2)35)34-28(39)24(33-27(38)17-6-10-19-30)14-8-12-21-32-26(37)16-5-9-18-29/h23-24H,3-21,29-30H2,1-2H3,(H,31,36)(H,32,37)(H,33,38)(H,34,39). The zero-order chi connectivity index (χ0) is 29.3. The van der Waals surface area contributed by atoms with Crippen LogP contribution in [0, 0.1) is 0 Å². The highest BCUT2D eigenvalue weighted by Crippen LogP contribution is 2.07. The average Bonchev–Trinajstić information content (AvgIpc) is 2.90. The number of amides is 4. The highest BCUT2D eigenvalue weighted by molar-refractivity contribution is 5.92. The lowest BCUT2D eigenvalue weighted by atomic mass is 10.0. The Bertz CT molecular complexity index is 719. The minimum atomic E-state index is -0.768. The van der Waals surface area contributed by atoms with Crippen molar-refractivity contribution in [3.63, 3.8) is 0 Å².